The van der Waals surface area contributed by atoms with Crippen molar-refractivity contribution in [3.8, 4) is 0 Å². The minimum absolute atomic E-state index is 0.113. The van der Waals surface area contributed by atoms with Crippen molar-refractivity contribution in [3.63, 3.8) is 0 Å². The first-order valence-corrected chi connectivity index (χ1v) is 4.85. The van der Waals surface area contributed by atoms with E-state index in [2.05, 4.69) is 46.8 Å². The van der Waals surface area contributed by atoms with Crippen LogP contribution in [0.15, 0.2) is 5.10 Å². The molecule has 1 aliphatic heterocycles. The molecule has 0 radical (unpaired) electrons. The van der Waals surface area contributed by atoms with Crippen LogP contribution in [0.1, 0.15) is 27.2 Å². The number of alkyl halides is 1. The Morgan fingerprint density at radius 3 is 2.73 bits per heavy atom. The van der Waals surface area contributed by atoms with Gasteiger partial charge in [0.05, 0.1) is 16.6 Å². The van der Waals surface area contributed by atoms with E-state index >= 15 is 0 Å². The Balaban J connectivity index is 2.56. The molecule has 0 spiro atoms. The van der Waals surface area contributed by atoms with Crippen LogP contribution >= 0.6 is 15.9 Å². The summed E-state index contributed by atoms with van der Waals surface area (Å²) >= 11 is 3.65. The molecule has 3 heteroatoms. The van der Waals surface area contributed by atoms with Gasteiger partial charge in [-0.25, -0.2) is 0 Å². The minimum atomic E-state index is 0.113. The smallest absolute Gasteiger partial charge is 0.0816 e. The molecular formula is C8H15BrN2. The fourth-order valence-corrected chi connectivity index (χ4v) is 1.56. The second-order valence-corrected chi connectivity index (χ2v) is 5.02. The molecule has 0 fully saturated rings. The third-order valence-electron chi connectivity index (χ3n) is 2.01. The van der Waals surface area contributed by atoms with Gasteiger partial charge in [-0.3, -0.25) is 5.01 Å². The number of hydrogen-bond acceptors (Lipinski definition) is 2. The molecule has 1 aliphatic rings. The monoisotopic (exact) mass is 218 g/mol. The van der Waals surface area contributed by atoms with Crippen LogP contribution in [-0.4, -0.2) is 28.1 Å². The molecule has 1 heterocycles. The first-order valence-electron chi connectivity index (χ1n) is 4.06. The third-order valence-corrected chi connectivity index (χ3v) is 2.83. The van der Waals surface area contributed by atoms with Crippen LogP contribution in [0.5, 0.6) is 0 Å². The van der Waals surface area contributed by atoms with E-state index in [9.17, 15) is 0 Å². The average Bonchev–Trinajstić information content (AvgIpc) is 2.08. The zero-order valence-corrected chi connectivity index (χ0v) is 8.98. The Kier molecular flexibility index (Phi) is 2.58. The molecule has 64 valence electrons. The third kappa shape index (κ3) is 1.95. The second-order valence-electron chi connectivity index (χ2n) is 3.27. The van der Waals surface area contributed by atoms with Crippen molar-refractivity contribution >= 4 is 21.6 Å². The Morgan fingerprint density at radius 2 is 2.36 bits per heavy atom. The van der Waals surface area contributed by atoms with Gasteiger partial charge >= 0.3 is 0 Å². The van der Waals surface area contributed by atoms with Crippen LogP contribution in [0.25, 0.3) is 0 Å². The molecule has 0 bridgehead atoms. The van der Waals surface area contributed by atoms with Gasteiger partial charge in [-0.1, -0.05) is 22.9 Å². The van der Waals surface area contributed by atoms with Gasteiger partial charge in [-0.15, -0.1) is 0 Å². The van der Waals surface area contributed by atoms with Gasteiger partial charge in [-0.05, 0) is 20.3 Å². The number of hydrogen-bond donors (Lipinski definition) is 0. The minimum Gasteiger partial charge on any atom is -0.295 e. The molecule has 1 atom stereocenters. The summed E-state index contributed by atoms with van der Waals surface area (Å²) < 4.78 is 0.113. The lowest BCUT2D eigenvalue weighted by molar-refractivity contribution is 0.308. The van der Waals surface area contributed by atoms with E-state index in [0.29, 0.717) is 0 Å². The largest absolute Gasteiger partial charge is 0.295 e. The Labute approximate surface area is 76.8 Å². The maximum absolute atomic E-state index is 4.43. The number of nitrogens with zero attached hydrogens (tertiary/aromatic N) is 2. The van der Waals surface area contributed by atoms with Crippen molar-refractivity contribution in [3.05, 3.63) is 0 Å². The van der Waals surface area contributed by atoms with Crippen molar-refractivity contribution in [2.75, 3.05) is 13.1 Å². The summed E-state index contributed by atoms with van der Waals surface area (Å²) in [6.07, 6.45) is 1.17. The van der Waals surface area contributed by atoms with Crippen LogP contribution in [0.4, 0.5) is 0 Å². The van der Waals surface area contributed by atoms with Crippen LogP contribution in [0.2, 0.25) is 0 Å². The number of halogens is 1. The van der Waals surface area contributed by atoms with E-state index in [4.69, 9.17) is 0 Å². The van der Waals surface area contributed by atoms with E-state index < -0.39 is 0 Å². The summed E-state index contributed by atoms with van der Waals surface area (Å²) in [7, 11) is 0. The highest BCUT2D eigenvalue weighted by atomic mass is 79.9. The number of hydrazone groups is 1. The van der Waals surface area contributed by atoms with E-state index in [1.807, 2.05) is 0 Å². The van der Waals surface area contributed by atoms with E-state index in [-0.39, 0.29) is 4.32 Å². The highest BCUT2D eigenvalue weighted by Crippen LogP contribution is 2.26. The topological polar surface area (TPSA) is 15.6 Å². The molecule has 2 nitrogen and oxygen atoms in total. The fraction of sp³-hybridized carbons (Fsp3) is 0.875. The van der Waals surface area contributed by atoms with Crippen LogP contribution in [0.3, 0.4) is 0 Å². The van der Waals surface area contributed by atoms with Gasteiger partial charge in [0.15, 0.2) is 0 Å². The standard InChI is InChI=1S/C8H15BrN2/c1-4-5-11-6-8(3,9)7(2)10-11/h4-6H2,1-3H3. The second kappa shape index (κ2) is 3.13. The molecular weight excluding hydrogens is 204 g/mol. The highest BCUT2D eigenvalue weighted by molar-refractivity contribution is 9.10. The zero-order chi connectivity index (χ0) is 8.48. The predicted molar refractivity (Wildman–Crippen MR) is 52.3 cm³/mol. The number of rotatable bonds is 2. The maximum Gasteiger partial charge on any atom is 0.0816 e. The first-order chi connectivity index (χ1) is 5.06. The van der Waals surface area contributed by atoms with Crippen molar-refractivity contribution < 1.29 is 0 Å². The van der Waals surface area contributed by atoms with Crippen LogP contribution in [0, 0.1) is 0 Å². The summed E-state index contributed by atoms with van der Waals surface area (Å²) in [4.78, 5) is 0. The SMILES string of the molecule is CCCN1CC(C)(Br)C(C)=N1. The van der Waals surface area contributed by atoms with Crippen molar-refractivity contribution in [2.45, 2.75) is 31.5 Å². The van der Waals surface area contributed by atoms with Crippen LogP contribution < -0.4 is 0 Å². The lowest BCUT2D eigenvalue weighted by atomic mass is 10.1. The Hall–Kier alpha value is -0.0500. The van der Waals surface area contributed by atoms with Gasteiger partial charge in [0.2, 0.25) is 0 Å². The molecule has 11 heavy (non-hydrogen) atoms. The van der Waals surface area contributed by atoms with E-state index in [0.717, 1.165) is 13.1 Å². The molecule has 0 aromatic heterocycles. The van der Waals surface area contributed by atoms with Gasteiger partial charge in [0, 0.05) is 6.54 Å². The summed E-state index contributed by atoms with van der Waals surface area (Å²) in [5, 5.41) is 6.56. The van der Waals surface area contributed by atoms with E-state index in [1.165, 1.54) is 12.1 Å². The molecule has 0 aromatic carbocycles. The molecule has 0 aliphatic carbocycles. The predicted octanol–water partition coefficient (Wildman–Crippen LogP) is 2.24. The summed E-state index contributed by atoms with van der Waals surface area (Å²) in [6.45, 7) is 8.49. The van der Waals surface area contributed by atoms with E-state index in [1.54, 1.807) is 0 Å². The maximum atomic E-state index is 4.43. The van der Waals surface area contributed by atoms with Crippen LogP contribution in [-0.2, 0) is 0 Å². The van der Waals surface area contributed by atoms with Gasteiger partial charge in [0.1, 0.15) is 0 Å². The fourth-order valence-electron chi connectivity index (χ4n) is 1.20. The lowest BCUT2D eigenvalue weighted by Gasteiger charge is -2.17. The molecule has 1 rings (SSSR count). The molecule has 1 unspecified atom stereocenters. The van der Waals surface area contributed by atoms with Gasteiger partial charge in [0.25, 0.3) is 0 Å². The molecule has 0 saturated heterocycles. The van der Waals surface area contributed by atoms with Crippen molar-refractivity contribution in [1.82, 2.24) is 5.01 Å². The molecule has 0 amide bonds. The summed E-state index contributed by atoms with van der Waals surface area (Å²) in [5.74, 6) is 0. The molecule has 0 aromatic rings. The summed E-state index contributed by atoms with van der Waals surface area (Å²) in [6, 6.07) is 0. The Bertz CT molecular complexity index is 175. The molecule has 0 N–H and O–H groups in total. The van der Waals surface area contributed by atoms with Crippen molar-refractivity contribution in [2.24, 2.45) is 5.10 Å². The zero-order valence-electron chi connectivity index (χ0n) is 7.39. The highest BCUT2D eigenvalue weighted by Gasteiger charge is 2.32. The average molecular weight is 219 g/mol. The normalized spacial score (nSPS) is 30.9. The molecule has 0 saturated carbocycles. The quantitative estimate of drug-likeness (QED) is 0.650. The summed E-state index contributed by atoms with van der Waals surface area (Å²) in [5.41, 5.74) is 1.19. The lowest BCUT2D eigenvalue weighted by Crippen LogP contribution is -2.30. The van der Waals surface area contributed by atoms with Gasteiger partial charge in [-0.2, -0.15) is 5.10 Å². The van der Waals surface area contributed by atoms with Crippen molar-refractivity contribution in [1.29, 1.82) is 0 Å². The Morgan fingerprint density at radius 1 is 1.73 bits per heavy atom. The van der Waals surface area contributed by atoms with Gasteiger partial charge < -0.3 is 0 Å². The first kappa shape index (κ1) is 9.04.